The van der Waals surface area contributed by atoms with Gasteiger partial charge >= 0.3 is 0 Å². The van der Waals surface area contributed by atoms with Crippen molar-refractivity contribution in [1.29, 1.82) is 0 Å². The zero-order chi connectivity index (χ0) is 15.0. The summed E-state index contributed by atoms with van der Waals surface area (Å²) in [4.78, 5) is 2.34. The van der Waals surface area contributed by atoms with E-state index in [0.29, 0.717) is 0 Å². The number of nitrogens with zero attached hydrogens (tertiary/aromatic N) is 1. The summed E-state index contributed by atoms with van der Waals surface area (Å²) in [5, 5.41) is 12.7. The highest BCUT2D eigenvalue weighted by molar-refractivity contribution is 6.36. The van der Waals surface area contributed by atoms with Gasteiger partial charge in [0.1, 0.15) is 0 Å². The Hall–Kier alpha value is -1.29. The minimum Gasteiger partial charge on any atom is -0.393 e. The molecule has 1 aliphatic rings. The van der Waals surface area contributed by atoms with Crippen LogP contribution in [0.3, 0.4) is 0 Å². The number of nitrogens with two attached hydrogens (primary N) is 1. The number of aliphatic hydroxyl groups excluding tert-OH is 1. The quantitative estimate of drug-likeness (QED) is 0.893. The molecular formula is C17H21ClN2O. The van der Waals surface area contributed by atoms with E-state index in [0.717, 1.165) is 47.3 Å². The monoisotopic (exact) mass is 304 g/mol. The van der Waals surface area contributed by atoms with E-state index in [1.165, 1.54) is 5.69 Å². The van der Waals surface area contributed by atoms with Gasteiger partial charge in [-0.15, -0.1) is 0 Å². The van der Waals surface area contributed by atoms with Crippen LogP contribution in [0.4, 0.5) is 5.69 Å². The number of hydrogen-bond acceptors (Lipinski definition) is 3. The molecule has 0 spiro atoms. The highest BCUT2D eigenvalue weighted by Crippen LogP contribution is 2.39. The van der Waals surface area contributed by atoms with Crippen LogP contribution in [-0.2, 0) is 0 Å². The predicted octanol–water partition coefficient (Wildman–Crippen LogP) is 3.47. The van der Waals surface area contributed by atoms with Gasteiger partial charge in [-0.05, 0) is 31.4 Å². The molecule has 2 aromatic carbocycles. The number of rotatable bonds is 2. The molecule has 21 heavy (non-hydrogen) atoms. The minimum absolute atomic E-state index is 0.0750. The summed E-state index contributed by atoms with van der Waals surface area (Å²) in [7, 11) is 0. The average molecular weight is 305 g/mol. The Morgan fingerprint density at radius 1 is 1.24 bits per heavy atom. The van der Waals surface area contributed by atoms with Crippen LogP contribution >= 0.6 is 11.6 Å². The largest absolute Gasteiger partial charge is 0.393 e. The first-order valence-electron chi connectivity index (χ1n) is 7.47. The topological polar surface area (TPSA) is 49.5 Å². The Morgan fingerprint density at radius 3 is 2.48 bits per heavy atom. The highest BCUT2D eigenvalue weighted by atomic mass is 35.5. The van der Waals surface area contributed by atoms with E-state index in [2.05, 4.69) is 11.0 Å². The van der Waals surface area contributed by atoms with Crippen LogP contribution in [0.25, 0.3) is 10.8 Å². The van der Waals surface area contributed by atoms with E-state index < -0.39 is 0 Å². The van der Waals surface area contributed by atoms with Crippen LogP contribution in [0.2, 0.25) is 5.02 Å². The van der Waals surface area contributed by atoms with Crippen LogP contribution in [0.1, 0.15) is 31.4 Å². The maximum atomic E-state index is 9.74. The van der Waals surface area contributed by atoms with Gasteiger partial charge in [-0.2, -0.15) is 0 Å². The number of fused-ring (bicyclic) bond motifs is 1. The molecule has 4 heteroatoms. The highest BCUT2D eigenvalue weighted by Gasteiger charge is 2.23. The van der Waals surface area contributed by atoms with E-state index in [1.807, 2.05) is 31.2 Å². The van der Waals surface area contributed by atoms with Gasteiger partial charge in [0.25, 0.3) is 0 Å². The summed E-state index contributed by atoms with van der Waals surface area (Å²) in [5.74, 6) is 0. The summed E-state index contributed by atoms with van der Waals surface area (Å²) in [5.41, 5.74) is 8.43. The van der Waals surface area contributed by atoms with E-state index in [4.69, 9.17) is 17.3 Å². The fraction of sp³-hybridized carbons (Fsp3) is 0.412. The molecule has 3 rings (SSSR count). The molecule has 0 radical (unpaired) electrons. The second kappa shape index (κ2) is 5.84. The first-order chi connectivity index (χ1) is 10.1. The summed E-state index contributed by atoms with van der Waals surface area (Å²) >= 11 is 6.43. The van der Waals surface area contributed by atoms with Gasteiger partial charge in [0, 0.05) is 40.6 Å². The lowest BCUT2D eigenvalue weighted by Gasteiger charge is -2.34. The summed E-state index contributed by atoms with van der Waals surface area (Å²) in [6, 6.07) is 10.1. The third-order valence-corrected chi connectivity index (χ3v) is 4.58. The van der Waals surface area contributed by atoms with Crippen molar-refractivity contribution in [2.75, 3.05) is 18.0 Å². The van der Waals surface area contributed by atoms with Crippen molar-refractivity contribution in [3.63, 3.8) is 0 Å². The lowest BCUT2D eigenvalue weighted by atomic mass is 9.97. The molecule has 1 fully saturated rings. The van der Waals surface area contributed by atoms with Crippen LogP contribution in [0, 0.1) is 0 Å². The standard InChI is InChI=1S/C17H21ClN2O/c1-11(19)15-10-16(18)13-4-2-3-5-14(13)17(15)20-8-6-12(21)7-9-20/h2-5,10-12,21H,6-9,19H2,1H3. The molecule has 3 N–H and O–H groups in total. The first-order valence-corrected chi connectivity index (χ1v) is 7.85. The van der Waals surface area contributed by atoms with Crippen molar-refractivity contribution >= 4 is 28.1 Å². The molecule has 1 heterocycles. The van der Waals surface area contributed by atoms with E-state index in [1.54, 1.807) is 0 Å². The molecule has 0 aliphatic carbocycles. The van der Waals surface area contributed by atoms with Crippen molar-refractivity contribution in [3.8, 4) is 0 Å². The van der Waals surface area contributed by atoms with Gasteiger partial charge in [0.15, 0.2) is 0 Å². The van der Waals surface area contributed by atoms with Gasteiger partial charge in [-0.3, -0.25) is 0 Å². The number of hydrogen-bond donors (Lipinski definition) is 2. The molecule has 0 bridgehead atoms. The fourth-order valence-electron chi connectivity index (χ4n) is 3.13. The number of piperidine rings is 1. The Balaban J connectivity index is 2.18. The smallest absolute Gasteiger partial charge is 0.0574 e. The molecule has 0 amide bonds. The maximum absolute atomic E-state index is 9.74. The lowest BCUT2D eigenvalue weighted by Crippen LogP contribution is -2.36. The normalized spacial score (nSPS) is 18.2. The Kier molecular flexibility index (Phi) is 4.07. The predicted molar refractivity (Wildman–Crippen MR) is 89.0 cm³/mol. The zero-order valence-corrected chi connectivity index (χ0v) is 13.0. The molecule has 1 unspecified atom stereocenters. The number of benzene rings is 2. The van der Waals surface area contributed by atoms with Gasteiger partial charge < -0.3 is 15.7 Å². The van der Waals surface area contributed by atoms with Crippen molar-refractivity contribution in [2.24, 2.45) is 5.73 Å². The molecule has 1 saturated heterocycles. The number of anilines is 1. The van der Waals surface area contributed by atoms with Gasteiger partial charge in [-0.1, -0.05) is 35.9 Å². The minimum atomic E-state index is -0.182. The Labute approximate surface area is 130 Å². The first kappa shape index (κ1) is 14.6. The second-order valence-electron chi connectivity index (χ2n) is 5.85. The van der Waals surface area contributed by atoms with E-state index in [-0.39, 0.29) is 12.1 Å². The number of aliphatic hydroxyl groups is 1. The summed E-state index contributed by atoms with van der Waals surface area (Å²) in [6.45, 7) is 3.70. The molecule has 0 aromatic heterocycles. The van der Waals surface area contributed by atoms with Gasteiger partial charge in [0.05, 0.1) is 6.10 Å². The van der Waals surface area contributed by atoms with Crippen molar-refractivity contribution in [3.05, 3.63) is 40.9 Å². The maximum Gasteiger partial charge on any atom is 0.0574 e. The summed E-state index contributed by atoms with van der Waals surface area (Å²) < 4.78 is 0. The lowest BCUT2D eigenvalue weighted by molar-refractivity contribution is 0.145. The molecular weight excluding hydrogens is 284 g/mol. The fourth-order valence-corrected chi connectivity index (χ4v) is 3.41. The van der Waals surface area contributed by atoms with Crippen molar-refractivity contribution in [2.45, 2.75) is 31.9 Å². The third-order valence-electron chi connectivity index (χ3n) is 4.27. The molecule has 2 aromatic rings. The van der Waals surface area contributed by atoms with Crippen LogP contribution in [0.5, 0.6) is 0 Å². The SMILES string of the molecule is CC(N)c1cc(Cl)c2ccccc2c1N1CCC(O)CC1. The van der Waals surface area contributed by atoms with Crippen molar-refractivity contribution in [1.82, 2.24) is 0 Å². The third kappa shape index (κ3) is 2.73. The number of halogens is 1. The summed E-state index contributed by atoms with van der Waals surface area (Å²) in [6.07, 6.45) is 1.42. The molecule has 1 atom stereocenters. The Bertz CT molecular complexity index is 649. The van der Waals surface area contributed by atoms with Gasteiger partial charge in [-0.25, -0.2) is 0 Å². The molecule has 1 aliphatic heterocycles. The van der Waals surface area contributed by atoms with Crippen molar-refractivity contribution < 1.29 is 5.11 Å². The average Bonchev–Trinajstić information content (AvgIpc) is 2.48. The molecule has 0 saturated carbocycles. The van der Waals surface area contributed by atoms with Gasteiger partial charge in [0.2, 0.25) is 0 Å². The zero-order valence-electron chi connectivity index (χ0n) is 12.2. The van der Waals surface area contributed by atoms with Crippen LogP contribution < -0.4 is 10.6 Å². The molecule has 3 nitrogen and oxygen atoms in total. The Morgan fingerprint density at radius 2 is 1.86 bits per heavy atom. The second-order valence-corrected chi connectivity index (χ2v) is 6.26. The van der Waals surface area contributed by atoms with Crippen LogP contribution in [-0.4, -0.2) is 24.3 Å². The van der Waals surface area contributed by atoms with Crippen LogP contribution in [0.15, 0.2) is 30.3 Å². The van der Waals surface area contributed by atoms with E-state index >= 15 is 0 Å². The molecule has 112 valence electrons. The van der Waals surface area contributed by atoms with E-state index in [9.17, 15) is 5.11 Å².